The molecule has 0 aliphatic carbocycles. The fourth-order valence-electron chi connectivity index (χ4n) is 2.10. The van der Waals surface area contributed by atoms with Gasteiger partial charge in [0.25, 0.3) is 0 Å². The predicted molar refractivity (Wildman–Crippen MR) is 110 cm³/mol. The smallest absolute Gasteiger partial charge is 0.143 e. The van der Waals surface area contributed by atoms with Crippen molar-refractivity contribution in [2.45, 2.75) is 12.8 Å². The fraction of sp³-hybridized carbons (Fsp3) is 0.222. The van der Waals surface area contributed by atoms with Gasteiger partial charge < -0.3 is 10.2 Å². The largest absolute Gasteiger partial charge is 0.506 e. The molecule has 0 aromatic heterocycles. The van der Waals surface area contributed by atoms with Gasteiger partial charge in [0.05, 0.1) is 10.0 Å². The lowest BCUT2D eigenvalue weighted by molar-refractivity contribution is 0.474. The maximum atomic E-state index is 9.82. The van der Waals surface area contributed by atoms with E-state index in [0.29, 0.717) is 34.3 Å². The van der Waals surface area contributed by atoms with Crippen LogP contribution >= 0.6 is 46.4 Å². The zero-order valence-corrected chi connectivity index (χ0v) is 16.6. The van der Waals surface area contributed by atoms with Crippen molar-refractivity contribution >= 4 is 58.8 Å². The molecule has 0 spiro atoms. The van der Waals surface area contributed by atoms with Gasteiger partial charge in [0.2, 0.25) is 0 Å². The molecular weight excluding hydrogens is 418 g/mol. The molecule has 0 bridgehead atoms. The van der Waals surface area contributed by atoms with Crippen LogP contribution in [0.1, 0.15) is 24.0 Å². The minimum Gasteiger partial charge on any atom is -0.506 e. The van der Waals surface area contributed by atoms with E-state index in [9.17, 15) is 10.2 Å². The van der Waals surface area contributed by atoms with Crippen LogP contribution < -0.4 is 0 Å². The molecular formula is C18H16Cl4N2O2. The van der Waals surface area contributed by atoms with E-state index in [-0.39, 0.29) is 21.5 Å². The van der Waals surface area contributed by atoms with Crippen LogP contribution in [0.2, 0.25) is 20.1 Å². The molecule has 2 aromatic carbocycles. The van der Waals surface area contributed by atoms with Gasteiger partial charge in [0, 0.05) is 46.7 Å². The molecule has 0 atom stereocenters. The van der Waals surface area contributed by atoms with Gasteiger partial charge in [-0.25, -0.2) is 0 Å². The number of hydrogen-bond donors (Lipinski definition) is 2. The standard InChI is InChI=1S/C18H16Cl4N2O2/c19-13-5-11(17(25)15(21)7-13)9-23-3-1-2-4-24-10-12-6-14(20)8-16(22)18(12)26/h5-10,25-26H,1-4H2. The molecule has 4 nitrogen and oxygen atoms in total. The van der Waals surface area contributed by atoms with Gasteiger partial charge in [-0.2, -0.15) is 0 Å². The minimum absolute atomic E-state index is 0.0376. The number of phenols is 2. The third-order valence-corrected chi connectivity index (χ3v) is 4.41. The van der Waals surface area contributed by atoms with Crippen molar-refractivity contribution < 1.29 is 10.2 Å². The van der Waals surface area contributed by atoms with E-state index in [2.05, 4.69) is 9.98 Å². The molecule has 0 amide bonds. The molecule has 0 saturated carbocycles. The molecule has 138 valence electrons. The maximum Gasteiger partial charge on any atom is 0.143 e. The molecule has 0 heterocycles. The number of hydrogen-bond acceptors (Lipinski definition) is 4. The van der Waals surface area contributed by atoms with Crippen molar-refractivity contribution in [2.24, 2.45) is 9.98 Å². The highest BCUT2D eigenvalue weighted by molar-refractivity contribution is 6.36. The number of phenolic OH excluding ortho intramolecular Hbond substituents is 2. The topological polar surface area (TPSA) is 65.2 Å². The Hall–Kier alpha value is -1.46. The lowest BCUT2D eigenvalue weighted by Gasteiger charge is -2.02. The fourth-order valence-corrected chi connectivity index (χ4v) is 3.12. The zero-order valence-electron chi connectivity index (χ0n) is 13.6. The van der Waals surface area contributed by atoms with Crippen molar-refractivity contribution in [1.82, 2.24) is 0 Å². The molecule has 2 N–H and O–H groups in total. The maximum absolute atomic E-state index is 9.82. The van der Waals surface area contributed by atoms with E-state index < -0.39 is 0 Å². The number of benzene rings is 2. The van der Waals surface area contributed by atoms with Crippen molar-refractivity contribution in [1.29, 1.82) is 0 Å². The second-order valence-corrected chi connectivity index (χ2v) is 7.12. The van der Waals surface area contributed by atoms with Gasteiger partial charge in [0.15, 0.2) is 0 Å². The Morgan fingerprint density at radius 1 is 0.692 bits per heavy atom. The summed E-state index contributed by atoms with van der Waals surface area (Å²) in [6.45, 7) is 1.15. The molecule has 0 radical (unpaired) electrons. The lowest BCUT2D eigenvalue weighted by Crippen LogP contribution is -1.90. The molecule has 2 rings (SSSR count). The van der Waals surface area contributed by atoms with Crippen molar-refractivity contribution in [3.8, 4) is 11.5 Å². The second-order valence-electron chi connectivity index (χ2n) is 5.43. The van der Waals surface area contributed by atoms with E-state index in [0.717, 1.165) is 12.8 Å². The highest BCUT2D eigenvalue weighted by Gasteiger charge is 2.06. The van der Waals surface area contributed by atoms with Crippen molar-refractivity contribution in [2.75, 3.05) is 13.1 Å². The second kappa shape index (κ2) is 10.0. The summed E-state index contributed by atoms with van der Waals surface area (Å²) in [6, 6.07) is 6.13. The number of aliphatic imine (C=N–C) groups is 2. The number of rotatable bonds is 7. The highest BCUT2D eigenvalue weighted by atomic mass is 35.5. The third kappa shape index (κ3) is 6.06. The van der Waals surface area contributed by atoms with E-state index in [1.54, 1.807) is 24.6 Å². The molecule has 2 aromatic rings. The summed E-state index contributed by atoms with van der Waals surface area (Å²) in [5.74, 6) is -0.0752. The molecule has 0 saturated heterocycles. The number of aromatic hydroxyl groups is 2. The van der Waals surface area contributed by atoms with Gasteiger partial charge in [-0.15, -0.1) is 0 Å². The Balaban J connectivity index is 1.78. The summed E-state index contributed by atoms with van der Waals surface area (Å²) in [5, 5.41) is 20.9. The summed E-state index contributed by atoms with van der Waals surface area (Å²) in [4.78, 5) is 8.50. The predicted octanol–water partition coefficient (Wildman–Crippen LogP) is 6.03. The molecule has 8 heteroatoms. The van der Waals surface area contributed by atoms with Gasteiger partial charge >= 0.3 is 0 Å². The normalized spacial score (nSPS) is 11.7. The molecule has 0 fully saturated rings. The first-order valence-electron chi connectivity index (χ1n) is 7.74. The Bertz CT molecular complexity index is 769. The van der Waals surface area contributed by atoms with Crippen LogP contribution in [0.15, 0.2) is 34.3 Å². The molecule has 0 aliphatic rings. The quantitative estimate of drug-likeness (QED) is 0.413. The molecule has 26 heavy (non-hydrogen) atoms. The lowest BCUT2D eigenvalue weighted by atomic mass is 10.2. The Morgan fingerprint density at radius 3 is 1.46 bits per heavy atom. The molecule has 0 aliphatic heterocycles. The number of halogens is 4. The first kappa shape index (κ1) is 20.8. The first-order chi connectivity index (χ1) is 12.4. The van der Waals surface area contributed by atoms with Crippen LogP contribution in [0.3, 0.4) is 0 Å². The van der Waals surface area contributed by atoms with Crippen LogP contribution in [0.5, 0.6) is 11.5 Å². The summed E-state index contributed by atoms with van der Waals surface area (Å²) >= 11 is 23.5. The Morgan fingerprint density at radius 2 is 1.08 bits per heavy atom. The molecule has 0 unspecified atom stereocenters. The monoisotopic (exact) mass is 432 g/mol. The Kier molecular flexibility index (Phi) is 8.04. The van der Waals surface area contributed by atoms with Gasteiger partial charge in [-0.3, -0.25) is 9.98 Å². The van der Waals surface area contributed by atoms with Gasteiger partial charge in [0.1, 0.15) is 11.5 Å². The number of nitrogens with zero attached hydrogens (tertiary/aromatic N) is 2. The van der Waals surface area contributed by atoms with E-state index in [1.807, 2.05) is 0 Å². The third-order valence-electron chi connectivity index (χ3n) is 3.40. The Labute approximate surface area is 171 Å². The van der Waals surface area contributed by atoms with Crippen LogP contribution in [-0.2, 0) is 0 Å². The van der Waals surface area contributed by atoms with Crippen LogP contribution in [0.25, 0.3) is 0 Å². The average molecular weight is 434 g/mol. The zero-order chi connectivity index (χ0) is 19.1. The van der Waals surface area contributed by atoms with Gasteiger partial charge in [-0.05, 0) is 37.1 Å². The highest BCUT2D eigenvalue weighted by Crippen LogP contribution is 2.30. The van der Waals surface area contributed by atoms with E-state index >= 15 is 0 Å². The average Bonchev–Trinajstić information content (AvgIpc) is 2.58. The summed E-state index contributed by atoms with van der Waals surface area (Å²) in [7, 11) is 0. The van der Waals surface area contributed by atoms with Crippen molar-refractivity contribution in [3.63, 3.8) is 0 Å². The van der Waals surface area contributed by atoms with E-state index in [1.165, 1.54) is 12.1 Å². The van der Waals surface area contributed by atoms with Gasteiger partial charge in [-0.1, -0.05) is 46.4 Å². The summed E-state index contributed by atoms with van der Waals surface area (Å²) in [6.07, 6.45) is 4.71. The first-order valence-corrected chi connectivity index (χ1v) is 9.25. The van der Waals surface area contributed by atoms with Crippen LogP contribution in [0, 0.1) is 0 Å². The summed E-state index contributed by atoms with van der Waals surface area (Å²) < 4.78 is 0. The van der Waals surface area contributed by atoms with Crippen molar-refractivity contribution in [3.05, 3.63) is 55.5 Å². The number of unbranched alkanes of at least 4 members (excludes halogenated alkanes) is 1. The summed E-state index contributed by atoms with van der Waals surface area (Å²) in [5.41, 5.74) is 0.961. The van der Waals surface area contributed by atoms with Crippen LogP contribution in [-0.4, -0.2) is 35.7 Å². The van der Waals surface area contributed by atoms with E-state index in [4.69, 9.17) is 46.4 Å². The van der Waals surface area contributed by atoms with Crippen LogP contribution in [0.4, 0.5) is 0 Å². The minimum atomic E-state index is -0.0376. The SMILES string of the molecule is Oc1c(Cl)cc(Cl)cc1C=NCCCCN=Cc1cc(Cl)cc(Cl)c1O.